The Morgan fingerprint density at radius 3 is 2.84 bits per heavy atom. The van der Waals surface area contributed by atoms with E-state index in [0.717, 1.165) is 12.5 Å². The zero-order chi connectivity index (χ0) is 14.1. The molecule has 0 bridgehead atoms. The second kappa shape index (κ2) is 8.56. The lowest BCUT2D eigenvalue weighted by molar-refractivity contribution is -0.131. The fraction of sp³-hybridized carbons (Fsp3) is 0.357. The van der Waals surface area contributed by atoms with E-state index in [1.807, 2.05) is 6.92 Å². The van der Waals surface area contributed by atoms with E-state index in [-0.39, 0.29) is 0 Å². The van der Waals surface area contributed by atoms with E-state index in [9.17, 15) is 4.79 Å². The van der Waals surface area contributed by atoms with Crippen LogP contribution in [0, 0.1) is 0 Å². The molecule has 5 heteroatoms. The molecule has 0 aromatic heterocycles. The van der Waals surface area contributed by atoms with Crippen molar-refractivity contribution in [2.75, 3.05) is 19.8 Å². The van der Waals surface area contributed by atoms with Gasteiger partial charge in [-0.2, -0.15) is 0 Å². The summed E-state index contributed by atoms with van der Waals surface area (Å²) in [7, 11) is 0. The molecule has 0 atom stereocenters. The number of rotatable bonds is 8. The maximum atomic E-state index is 10.4. The number of carboxylic acid groups (broad SMARTS) is 1. The van der Waals surface area contributed by atoms with Crippen molar-refractivity contribution in [1.82, 2.24) is 0 Å². The summed E-state index contributed by atoms with van der Waals surface area (Å²) in [6.07, 6.45) is 3.34. The first-order chi connectivity index (χ1) is 9.13. The van der Waals surface area contributed by atoms with Crippen LogP contribution in [0.15, 0.2) is 24.3 Å². The Hall–Kier alpha value is -1.52. The largest absolute Gasteiger partial charge is 0.492 e. The minimum absolute atomic E-state index is 0.462. The van der Waals surface area contributed by atoms with Crippen molar-refractivity contribution >= 4 is 23.6 Å². The van der Waals surface area contributed by atoms with Crippen LogP contribution >= 0.6 is 11.6 Å². The third-order valence-electron chi connectivity index (χ3n) is 2.27. The standard InChI is InChI=1S/C14H17ClO4/c1-2-18-8-3-9-19-13-6-4-11(10-12(13)15)5-7-14(16)17/h4-7,10H,2-3,8-9H2,1H3,(H,16,17). The number of aliphatic carboxylic acids is 1. The van der Waals surface area contributed by atoms with Crippen LogP contribution in [-0.4, -0.2) is 30.9 Å². The Labute approximate surface area is 117 Å². The molecule has 0 radical (unpaired) electrons. The number of hydrogen-bond donors (Lipinski definition) is 1. The smallest absolute Gasteiger partial charge is 0.328 e. The Bertz CT molecular complexity index is 443. The second-order valence-corrected chi connectivity index (χ2v) is 4.17. The first-order valence-corrected chi connectivity index (χ1v) is 6.42. The summed E-state index contributed by atoms with van der Waals surface area (Å²) in [6.45, 7) is 3.84. The highest BCUT2D eigenvalue weighted by atomic mass is 35.5. The second-order valence-electron chi connectivity index (χ2n) is 3.76. The molecule has 0 spiro atoms. The quantitative estimate of drug-likeness (QED) is 0.588. The minimum Gasteiger partial charge on any atom is -0.492 e. The van der Waals surface area contributed by atoms with Crippen LogP contribution in [0.1, 0.15) is 18.9 Å². The normalized spacial score (nSPS) is 10.8. The molecular formula is C14H17ClO4. The van der Waals surface area contributed by atoms with Crippen molar-refractivity contribution in [2.24, 2.45) is 0 Å². The van der Waals surface area contributed by atoms with Gasteiger partial charge in [0.25, 0.3) is 0 Å². The van der Waals surface area contributed by atoms with Gasteiger partial charge in [0.15, 0.2) is 0 Å². The molecule has 1 N–H and O–H groups in total. The van der Waals surface area contributed by atoms with Gasteiger partial charge in [0.05, 0.1) is 11.6 Å². The number of carbonyl (C=O) groups is 1. The van der Waals surface area contributed by atoms with Crippen LogP contribution in [0.5, 0.6) is 5.75 Å². The molecule has 0 saturated heterocycles. The van der Waals surface area contributed by atoms with Crippen LogP contribution < -0.4 is 4.74 Å². The SMILES string of the molecule is CCOCCCOc1ccc(C=CC(=O)O)cc1Cl. The third kappa shape index (κ3) is 6.27. The van der Waals surface area contributed by atoms with Crippen molar-refractivity contribution in [2.45, 2.75) is 13.3 Å². The minimum atomic E-state index is -0.993. The lowest BCUT2D eigenvalue weighted by atomic mass is 10.2. The van der Waals surface area contributed by atoms with Gasteiger partial charge in [0.1, 0.15) is 5.75 Å². The van der Waals surface area contributed by atoms with Crippen LogP contribution in [0.4, 0.5) is 0 Å². The molecule has 0 heterocycles. The highest BCUT2D eigenvalue weighted by molar-refractivity contribution is 6.32. The molecule has 0 unspecified atom stereocenters. The van der Waals surface area contributed by atoms with E-state index in [2.05, 4.69) is 0 Å². The average Bonchev–Trinajstić information content (AvgIpc) is 2.38. The topological polar surface area (TPSA) is 55.8 Å². The average molecular weight is 285 g/mol. The van der Waals surface area contributed by atoms with E-state index in [0.29, 0.717) is 36.2 Å². The van der Waals surface area contributed by atoms with Gasteiger partial charge in [-0.25, -0.2) is 4.79 Å². The van der Waals surface area contributed by atoms with Crippen molar-refractivity contribution in [3.05, 3.63) is 34.9 Å². The molecule has 104 valence electrons. The summed E-state index contributed by atoms with van der Waals surface area (Å²) in [5, 5.41) is 8.99. The van der Waals surface area contributed by atoms with Crippen molar-refractivity contribution in [3.63, 3.8) is 0 Å². The first kappa shape index (κ1) is 15.5. The molecule has 1 aromatic rings. The summed E-state index contributed by atoms with van der Waals surface area (Å²) >= 11 is 6.05. The maximum Gasteiger partial charge on any atom is 0.328 e. The van der Waals surface area contributed by atoms with Crippen LogP contribution in [0.2, 0.25) is 5.02 Å². The van der Waals surface area contributed by atoms with Crippen LogP contribution in [0.3, 0.4) is 0 Å². The summed E-state index contributed by atoms with van der Waals surface area (Å²) in [5.74, 6) is -0.405. The van der Waals surface area contributed by atoms with Gasteiger partial charge in [0.2, 0.25) is 0 Å². The Balaban J connectivity index is 2.50. The van der Waals surface area contributed by atoms with Gasteiger partial charge in [-0.05, 0) is 30.7 Å². The summed E-state index contributed by atoms with van der Waals surface area (Å²) in [4.78, 5) is 10.4. The number of carboxylic acids is 1. The molecule has 0 amide bonds. The molecule has 1 aromatic carbocycles. The zero-order valence-electron chi connectivity index (χ0n) is 10.8. The van der Waals surface area contributed by atoms with Crippen LogP contribution in [-0.2, 0) is 9.53 Å². The molecule has 0 aliphatic heterocycles. The summed E-state index contributed by atoms with van der Waals surface area (Å²) in [5.41, 5.74) is 0.717. The van der Waals surface area contributed by atoms with E-state index in [1.54, 1.807) is 18.2 Å². The van der Waals surface area contributed by atoms with Gasteiger partial charge in [-0.3, -0.25) is 0 Å². The molecule has 0 saturated carbocycles. The van der Waals surface area contributed by atoms with Gasteiger partial charge < -0.3 is 14.6 Å². The number of hydrogen-bond acceptors (Lipinski definition) is 3. The highest BCUT2D eigenvalue weighted by Crippen LogP contribution is 2.26. The number of ether oxygens (including phenoxy) is 2. The van der Waals surface area contributed by atoms with Gasteiger partial charge in [-0.15, -0.1) is 0 Å². The molecule has 0 aliphatic carbocycles. The molecule has 0 fully saturated rings. The lowest BCUT2D eigenvalue weighted by Gasteiger charge is -2.08. The highest BCUT2D eigenvalue weighted by Gasteiger charge is 2.02. The Morgan fingerprint density at radius 2 is 2.21 bits per heavy atom. The van der Waals surface area contributed by atoms with Crippen molar-refractivity contribution in [3.8, 4) is 5.75 Å². The number of halogens is 1. The Morgan fingerprint density at radius 1 is 1.42 bits per heavy atom. The van der Waals surface area contributed by atoms with Crippen LogP contribution in [0.25, 0.3) is 6.08 Å². The first-order valence-electron chi connectivity index (χ1n) is 6.04. The predicted octanol–water partition coefficient (Wildman–Crippen LogP) is 3.24. The van der Waals surface area contributed by atoms with E-state index in [4.69, 9.17) is 26.2 Å². The summed E-state index contributed by atoms with van der Waals surface area (Å²) in [6, 6.07) is 5.15. The molecule has 19 heavy (non-hydrogen) atoms. The monoisotopic (exact) mass is 284 g/mol. The fourth-order valence-electron chi connectivity index (χ4n) is 1.39. The molecular weight excluding hydrogens is 268 g/mol. The van der Waals surface area contributed by atoms with E-state index < -0.39 is 5.97 Å². The predicted molar refractivity (Wildman–Crippen MR) is 74.7 cm³/mol. The molecule has 4 nitrogen and oxygen atoms in total. The van der Waals surface area contributed by atoms with Gasteiger partial charge >= 0.3 is 5.97 Å². The number of benzene rings is 1. The van der Waals surface area contributed by atoms with E-state index >= 15 is 0 Å². The Kier molecular flexibility index (Phi) is 7.00. The van der Waals surface area contributed by atoms with Gasteiger partial charge in [-0.1, -0.05) is 17.7 Å². The van der Waals surface area contributed by atoms with Gasteiger partial charge in [0, 0.05) is 25.7 Å². The zero-order valence-corrected chi connectivity index (χ0v) is 11.5. The van der Waals surface area contributed by atoms with Crippen molar-refractivity contribution in [1.29, 1.82) is 0 Å². The van der Waals surface area contributed by atoms with Crippen molar-refractivity contribution < 1.29 is 19.4 Å². The van der Waals surface area contributed by atoms with E-state index in [1.165, 1.54) is 6.08 Å². The maximum absolute atomic E-state index is 10.4. The molecule has 0 aliphatic rings. The molecule has 1 rings (SSSR count). The fourth-order valence-corrected chi connectivity index (χ4v) is 1.64. The third-order valence-corrected chi connectivity index (χ3v) is 2.56. The summed E-state index contributed by atoms with van der Waals surface area (Å²) < 4.78 is 10.7. The lowest BCUT2D eigenvalue weighted by Crippen LogP contribution is -2.03.